The molecule has 4 saturated carbocycles. The van der Waals surface area contributed by atoms with Gasteiger partial charge >= 0.3 is 11.9 Å². The third kappa shape index (κ3) is 6.65. The van der Waals surface area contributed by atoms with Crippen LogP contribution in [0.25, 0.3) is 0 Å². The van der Waals surface area contributed by atoms with E-state index < -0.39 is 22.8 Å². The van der Waals surface area contributed by atoms with Gasteiger partial charge in [0.15, 0.2) is 0 Å². The minimum absolute atomic E-state index is 0.0542. The lowest BCUT2D eigenvalue weighted by molar-refractivity contribution is -0.164. The van der Waals surface area contributed by atoms with Crippen LogP contribution in [0.1, 0.15) is 119 Å². The van der Waals surface area contributed by atoms with Gasteiger partial charge in [0.1, 0.15) is 0 Å². The summed E-state index contributed by atoms with van der Waals surface area (Å²) >= 11 is 0. The van der Waals surface area contributed by atoms with Crippen molar-refractivity contribution in [2.75, 3.05) is 0 Å². The first kappa shape index (κ1) is 35.9. The predicted molar refractivity (Wildman–Crippen MR) is 183 cm³/mol. The summed E-state index contributed by atoms with van der Waals surface area (Å²) in [6, 6.07) is 0. The van der Waals surface area contributed by atoms with Crippen LogP contribution in [0.3, 0.4) is 0 Å². The Hall–Kier alpha value is -2.62. The van der Waals surface area contributed by atoms with E-state index in [1.165, 1.54) is 22.3 Å². The van der Waals surface area contributed by atoms with E-state index in [2.05, 4.69) is 66.2 Å². The third-order valence-corrected chi connectivity index (χ3v) is 13.0. The van der Waals surface area contributed by atoms with Crippen LogP contribution in [0, 0.1) is 45.3 Å². The molecule has 0 bridgehead atoms. The number of aliphatic carboxylic acids is 2. The normalized spacial score (nSPS) is 39.2. The number of carbonyl (C=O) groups is 2. The maximum atomic E-state index is 11.9. The Bertz CT molecular complexity index is 1130. The highest BCUT2D eigenvalue weighted by Gasteiger charge is 2.58. The van der Waals surface area contributed by atoms with Crippen LogP contribution in [-0.4, -0.2) is 22.2 Å². The van der Waals surface area contributed by atoms with E-state index in [-0.39, 0.29) is 22.7 Å². The Kier molecular flexibility index (Phi) is 11.2. The molecule has 4 heteroatoms. The van der Waals surface area contributed by atoms with E-state index in [0.29, 0.717) is 11.8 Å². The second kappa shape index (κ2) is 13.8. The highest BCUT2D eigenvalue weighted by molar-refractivity contribution is 5.75. The predicted octanol–water partition coefficient (Wildman–Crippen LogP) is 10.7. The van der Waals surface area contributed by atoms with Gasteiger partial charge in [-0.15, -0.1) is 0 Å². The molecule has 4 aliphatic rings. The topological polar surface area (TPSA) is 74.6 Å². The smallest absolute Gasteiger partial charge is 0.309 e. The third-order valence-electron chi connectivity index (χ3n) is 13.0. The maximum Gasteiger partial charge on any atom is 0.309 e. The Morgan fingerprint density at radius 1 is 0.705 bits per heavy atom. The number of carboxylic acids is 2. The standard InChI is InChI=1S/2C20H30O2/c2*1-6-14(2)8-10-16-15(3)9-11-17-19(16,4)12-7-13-20(17,5)18(21)22/h2*6,8,16-17H,1,3,7,9-13H2,2,4-5H3,(H,21,22)/b2*14-8+/t2*16-,17+,19+,20-/m00/s1. The molecule has 0 spiro atoms. The van der Waals surface area contributed by atoms with Crippen LogP contribution in [-0.2, 0) is 9.59 Å². The molecule has 4 rings (SSSR count). The summed E-state index contributed by atoms with van der Waals surface area (Å²) in [6.45, 7) is 29.0. The number of fused-ring (bicyclic) bond motifs is 2. The average molecular weight is 605 g/mol. The van der Waals surface area contributed by atoms with Crippen LogP contribution >= 0.6 is 0 Å². The highest BCUT2D eigenvalue weighted by atomic mass is 16.4. The summed E-state index contributed by atoms with van der Waals surface area (Å²) in [7, 11) is 0. The first-order chi connectivity index (χ1) is 20.5. The molecule has 4 aliphatic carbocycles. The highest BCUT2D eigenvalue weighted by Crippen LogP contribution is 2.63. The molecule has 0 amide bonds. The number of allylic oxidation sites excluding steroid dienone is 8. The summed E-state index contributed by atoms with van der Waals surface area (Å²) < 4.78 is 0. The van der Waals surface area contributed by atoms with Crippen LogP contribution in [0.15, 0.2) is 72.9 Å². The minimum Gasteiger partial charge on any atom is -0.481 e. The fourth-order valence-electron chi connectivity index (χ4n) is 10.1. The average Bonchev–Trinajstić information content (AvgIpc) is 2.95. The summed E-state index contributed by atoms with van der Waals surface area (Å²) in [5, 5.41) is 19.6. The molecule has 0 aromatic heterocycles. The Morgan fingerprint density at radius 3 is 1.34 bits per heavy atom. The van der Waals surface area contributed by atoms with Gasteiger partial charge in [0.2, 0.25) is 0 Å². The SMILES string of the molecule is C=C/C(C)=C/C[C@H]1C(=C)CC[C@@H]2[C@]1(C)CCC[C@]2(C)C(=O)O.C=C/C(C)=C/C[C@H]1C(=C)CC[C@@H]2[C@]1(C)CCC[C@]2(C)C(=O)O. The molecule has 0 aromatic rings. The van der Waals surface area contributed by atoms with Crippen molar-refractivity contribution in [3.05, 3.63) is 72.9 Å². The van der Waals surface area contributed by atoms with Crippen molar-refractivity contribution in [1.29, 1.82) is 0 Å². The number of carboxylic acid groups (broad SMARTS) is 2. The Morgan fingerprint density at radius 2 is 1.05 bits per heavy atom. The lowest BCUT2D eigenvalue weighted by atomic mass is 9.46. The van der Waals surface area contributed by atoms with Crippen molar-refractivity contribution < 1.29 is 19.8 Å². The van der Waals surface area contributed by atoms with Crippen LogP contribution in [0.4, 0.5) is 0 Å². The van der Waals surface area contributed by atoms with E-state index in [1.807, 2.05) is 26.0 Å². The van der Waals surface area contributed by atoms with E-state index in [9.17, 15) is 19.8 Å². The van der Waals surface area contributed by atoms with E-state index in [0.717, 1.165) is 77.0 Å². The fourth-order valence-corrected chi connectivity index (χ4v) is 10.1. The van der Waals surface area contributed by atoms with Gasteiger partial charge in [-0.2, -0.15) is 0 Å². The molecular formula is C40H60O4. The van der Waals surface area contributed by atoms with Crippen LogP contribution in [0.2, 0.25) is 0 Å². The Balaban J connectivity index is 0.000000240. The lowest BCUT2D eigenvalue weighted by Gasteiger charge is -2.57. The van der Waals surface area contributed by atoms with E-state index in [4.69, 9.17) is 0 Å². The summed E-state index contributed by atoms with van der Waals surface area (Å²) in [6.07, 6.45) is 19.9. The number of hydrogen-bond acceptors (Lipinski definition) is 2. The fraction of sp³-hybridized carbons (Fsp3) is 0.650. The second-order valence-corrected chi connectivity index (χ2v) is 15.5. The second-order valence-electron chi connectivity index (χ2n) is 15.5. The Labute approximate surface area is 268 Å². The van der Waals surface area contributed by atoms with Gasteiger partial charge in [0.25, 0.3) is 0 Å². The van der Waals surface area contributed by atoms with E-state index in [1.54, 1.807) is 0 Å². The van der Waals surface area contributed by atoms with Crippen LogP contribution < -0.4 is 0 Å². The number of rotatable bonds is 8. The molecule has 8 atom stereocenters. The van der Waals surface area contributed by atoms with Crippen molar-refractivity contribution in [2.45, 2.75) is 119 Å². The molecule has 244 valence electrons. The summed E-state index contributed by atoms with van der Waals surface area (Å²) in [5.41, 5.74) is 3.94. The number of hydrogen-bond donors (Lipinski definition) is 2. The van der Waals surface area contributed by atoms with Gasteiger partial charge in [0.05, 0.1) is 10.8 Å². The van der Waals surface area contributed by atoms with Crippen molar-refractivity contribution in [2.24, 2.45) is 45.3 Å². The van der Waals surface area contributed by atoms with Gasteiger partial charge in [-0.3, -0.25) is 9.59 Å². The molecule has 0 aromatic carbocycles. The first-order valence-corrected chi connectivity index (χ1v) is 16.9. The largest absolute Gasteiger partial charge is 0.481 e. The minimum atomic E-state index is -0.618. The summed E-state index contributed by atoms with van der Waals surface area (Å²) in [5.74, 6) is 0.0404. The van der Waals surface area contributed by atoms with Gasteiger partial charge in [-0.05, 0) is 126 Å². The van der Waals surface area contributed by atoms with Crippen molar-refractivity contribution >= 4 is 11.9 Å². The molecule has 4 fully saturated rings. The molecule has 0 radical (unpaired) electrons. The molecular weight excluding hydrogens is 544 g/mol. The maximum absolute atomic E-state index is 11.9. The van der Waals surface area contributed by atoms with Crippen molar-refractivity contribution in [3.63, 3.8) is 0 Å². The van der Waals surface area contributed by atoms with Gasteiger partial charge in [0, 0.05) is 0 Å². The molecule has 0 saturated heterocycles. The first-order valence-electron chi connectivity index (χ1n) is 16.9. The molecule has 2 N–H and O–H groups in total. The zero-order valence-electron chi connectivity index (χ0n) is 28.6. The molecule has 44 heavy (non-hydrogen) atoms. The monoisotopic (exact) mass is 604 g/mol. The van der Waals surface area contributed by atoms with E-state index >= 15 is 0 Å². The molecule has 4 nitrogen and oxygen atoms in total. The van der Waals surface area contributed by atoms with Gasteiger partial charge < -0.3 is 10.2 Å². The van der Waals surface area contributed by atoms with Crippen molar-refractivity contribution in [1.82, 2.24) is 0 Å². The van der Waals surface area contributed by atoms with Crippen LogP contribution in [0.5, 0.6) is 0 Å². The van der Waals surface area contributed by atoms with Gasteiger partial charge in [-0.1, -0.05) is 99.6 Å². The molecule has 0 unspecified atom stereocenters. The molecule has 0 aliphatic heterocycles. The quantitative estimate of drug-likeness (QED) is 0.213. The molecule has 0 heterocycles. The zero-order valence-corrected chi connectivity index (χ0v) is 28.6. The van der Waals surface area contributed by atoms with Crippen molar-refractivity contribution in [3.8, 4) is 0 Å². The lowest BCUT2D eigenvalue weighted by Crippen LogP contribution is -2.53. The summed E-state index contributed by atoms with van der Waals surface area (Å²) in [4.78, 5) is 23.9. The van der Waals surface area contributed by atoms with Gasteiger partial charge in [-0.25, -0.2) is 0 Å². The zero-order chi connectivity index (χ0) is 33.1.